The summed E-state index contributed by atoms with van der Waals surface area (Å²) in [5, 5.41) is 2.80. The number of pyridine rings is 1. The van der Waals surface area contributed by atoms with E-state index < -0.39 is 10.0 Å². The number of nitrogens with zero attached hydrogens (tertiary/aromatic N) is 2. The van der Waals surface area contributed by atoms with Gasteiger partial charge in [-0.25, -0.2) is 18.1 Å². The third kappa shape index (κ3) is 3.91. The average Bonchev–Trinajstić information content (AvgIpc) is 2.48. The van der Waals surface area contributed by atoms with E-state index in [1.807, 2.05) is 0 Å². The van der Waals surface area contributed by atoms with Crippen molar-refractivity contribution in [3.05, 3.63) is 18.3 Å². The quantitative estimate of drug-likeness (QED) is 0.816. The van der Waals surface area contributed by atoms with Gasteiger partial charge >= 0.3 is 0 Å². The van der Waals surface area contributed by atoms with E-state index in [1.165, 1.54) is 19.3 Å². The molecule has 1 fully saturated rings. The summed E-state index contributed by atoms with van der Waals surface area (Å²) in [4.78, 5) is 6.52. The third-order valence-corrected chi connectivity index (χ3v) is 4.96. The monoisotopic (exact) mass is 298 g/mol. The Hall–Kier alpha value is -1.18. The van der Waals surface area contributed by atoms with Gasteiger partial charge in [-0.05, 0) is 38.1 Å². The maximum Gasteiger partial charge on any atom is 0.244 e. The van der Waals surface area contributed by atoms with Crippen LogP contribution in [-0.2, 0) is 10.0 Å². The first-order chi connectivity index (χ1) is 9.63. The minimum absolute atomic E-state index is 0.196. The summed E-state index contributed by atoms with van der Waals surface area (Å²) in [5.74, 6) is 0.373. The van der Waals surface area contributed by atoms with Gasteiger partial charge in [-0.3, -0.25) is 0 Å². The molecule has 20 heavy (non-hydrogen) atoms. The maximum atomic E-state index is 12.2. The largest absolute Gasteiger partial charge is 0.372 e. The Balaban J connectivity index is 1.93. The SMILES string of the molecule is CNc1ncccc1S(=O)(=O)NCCN1CCCCC1. The van der Waals surface area contributed by atoms with Crippen LogP contribution in [0, 0.1) is 0 Å². The van der Waals surface area contributed by atoms with Crippen molar-refractivity contribution in [3.8, 4) is 0 Å². The summed E-state index contributed by atoms with van der Waals surface area (Å²) in [7, 11) is -1.84. The van der Waals surface area contributed by atoms with Gasteiger partial charge < -0.3 is 10.2 Å². The number of anilines is 1. The summed E-state index contributed by atoms with van der Waals surface area (Å²) >= 11 is 0. The normalized spacial score (nSPS) is 17.1. The van der Waals surface area contributed by atoms with E-state index in [4.69, 9.17) is 0 Å². The van der Waals surface area contributed by atoms with E-state index in [0.29, 0.717) is 12.4 Å². The molecule has 2 N–H and O–H groups in total. The molecular weight excluding hydrogens is 276 g/mol. The van der Waals surface area contributed by atoms with E-state index in [1.54, 1.807) is 25.4 Å². The van der Waals surface area contributed by atoms with Gasteiger partial charge in [-0.1, -0.05) is 6.42 Å². The van der Waals surface area contributed by atoms with Crippen LogP contribution in [0.25, 0.3) is 0 Å². The Morgan fingerprint density at radius 1 is 1.30 bits per heavy atom. The number of sulfonamides is 1. The molecule has 6 nitrogen and oxygen atoms in total. The number of rotatable bonds is 6. The third-order valence-electron chi connectivity index (χ3n) is 3.47. The lowest BCUT2D eigenvalue weighted by molar-refractivity contribution is 0.233. The van der Waals surface area contributed by atoms with Crippen LogP contribution in [0.1, 0.15) is 19.3 Å². The Morgan fingerprint density at radius 3 is 2.75 bits per heavy atom. The van der Waals surface area contributed by atoms with E-state index in [2.05, 4.69) is 19.9 Å². The number of likely N-dealkylation sites (tertiary alicyclic amines) is 1. The lowest BCUT2D eigenvalue weighted by Gasteiger charge is -2.26. The van der Waals surface area contributed by atoms with Gasteiger partial charge in [0.15, 0.2) is 0 Å². The zero-order chi connectivity index (χ0) is 14.4. The Labute approximate surface area is 120 Å². The van der Waals surface area contributed by atoms with Crippen LogP contribution < -0.4 is 10.0 Å². The molecule has 0 aromatic carbocycles. The molecule has 0 unspecified atom stereocenters. The molecule has 7 heteroatoms. The molecule has 0 bridgehead atoms. The van der Waals surface area contributed by atoms with Crippen molar-refractivity contribution in [3.63, 3.8) is 0 Å². The summed E-state index contributed by atoms with van der Waals surface area (Å²) in [6.07, 6.45) is 5.26. The van der Waals surface area contributed by atoms with Crippen LogP contribution in [0.15, 0.2) is 23.2 Å². The maximum absolute atomic E-state index is 12.2. The molecule has 2 heterocycles. The predicted molar refractivity (Wildman–Crippen MR) is 79.3 cm³/mol. The summed E-state index contributed by atoms with van der Waals surface area (Å²) in [6, 6.07) is 3.18. The molecule has 1 aromatic heterocycles. The van der Waals surface area contributed by atoms with Gasteiger partial charge in [-0.15, -0.1) is 0 Å². The second kappa shape index (κ2) is 7.01. The second-order valence-electron chi connectivity index (χ2n) is 4.90. The van der Waals surface area contributed by atoms with Crippen LogP contribution in [0.2, 0.25) is 0 Å². The molecule has 0 spiro atoms. The van der Waals surface area contributed by atoms with Gasteiger partial charge in [0.05, 0.1) is 0 Å². The Morgan fingerprint density at radius 2 is 2.05 bits per heavy atom. The molecule has 0 saturated carbocycles. The van der Waals surface area contributed by atoms with Crippen molar-refractivity contribution in [1.29, 1.82) is 0 Å². The lowest BCUT2D eigenvalue weighted by Crippen LogP contribution is -2.37. The van der Waals surface area contributed by atoms with E-state index in [-0.39, 0.29) is 4.90 Å². The van der Waals surface area contributed by atoms with Crippen LogP contribution in [0.3, 0.4) is 0 Å². The fourth-order valence-corrected chi connectivity index (χ4v) is 3.58. The van der Waals surface area contributed by atoms with Crippen molar-refractivity contribution >= 4 is 15.8 Å². The number of nitrogens with one attached hydrogen (secondary N) is 2. The number of hydrogen-bond donors (Lipinski definition) is 2. The van der Waals surface area contributed by atoms with Crippen LogP contribution in [0.5, 0.6) is 0 Å². The number of hydrogen-bond acceptors (Lipinski definition) is 5. The Kier molecular flexibility index (Phi) is 5.33. The number of piperidine rings is 1. The molecule has 1 aliphatic rings. The van der Waals surface area contributed by atoms with Crippen molar-refractivity contribution < 1.29 is 8.42 Å². The van der Waals surface area contributed by atoms with Crippen LogP contribution in [-0.4, -0.2) is 51.5 Å². The van der Waals surface area contributed by atoms with Crippen molar-refractivity contribution in [1.82, 2.24) is 14.6 Å². The fourth-order valence-electron chi connectivity index (χ4n) is 2.39. The van der Waals surface area contributed by atoms with Gasteiger partial charge in [-0.2, -0.15) is 0 Å². The molecule has 1 saturated heterocycles. The first-order valence-electron chi connectivity index (χ1n) is 6.98. The van der Waals surface area contributed by atoms with Crippen molar-refractivity contribution in [2.45, 2.75) is 24.2 Å². The highest BCUT2D eigenvalue weighted by molar-refractivity contribution is 7.89. The van der Waals surface area contributed by atoms with E-state index >= 15 is 0 Å². The summed E-state index contributed by atoms with van der Waals surface area (Å²) in [6.45, 7) is 3.32. The number of aromatic nitrogens is 1. The zero-order valence-electron chi connectivity index (χ0n) is 11.8. The molecule has 0 aliphatic carbocycles. The zero-order valence-corrected chi connectivity index (χ0v) is 12.6. The highest BCUT2D eigenvalue weighted by atomic mass is 32.2. The van der Waals surface area contributed by atoms with E-state index in [0.717, 1.165) is 19.6 Å². The van der Waals surface area contributed by atoms with Crippen LogP contribution in [0.4, 0.5) is 5.82 Å². The van der Waals surface area contributed by atoms with Gasteiger partial charge in [0, 0.05) is 26.3 Å². The standard InChI is InChI=1S/C13H22N4O2S/c1-14-13-12(6-5-7-15-13)20(18,19)16-8-11-17-9-3-2-4-10-17/h5-7,16H,2-4,8-11H2,1H3,(H,14,15). The molecule has 0 radical (unpaired) electrons. The van der Waals surface area contributed by atoms with E-state index in [9.17, 15) is 8.42 Å². The predicted octanol–water partition coefficient (Wildman–Crippen LogP) is 0.887. The second-order valence-corrected chi connectivity index (χ2v) is 6.64. The highest BCUT2D eigenvalue weighted by Crippen LogP contribution is 2.16. The van der Waals surface area contributed by atoms with Gasteiger partial charge in [0.1, 0.15) is 10.7 Å². The topological polar surface area (TPSA) is 74.3 Å². The van der Waals surface area contributed by atoms with Crippen LogP contribution >= 0.6 is 0 Å². The minimum Gasteiger partial charge on any atom is -0.372 e. The molecule has 0 atom stereocenters. The first-order valence-corrected chi connectivity index (χ1v) is 8.46. The Bertz CT molecular complexity index is 527. The molecule has 0 amide bonds. The van der Waals surface area contributed by atoms with Crippen molar-refractivity contribution in [2.24, 2.45) is 0 Å². The first kappa shape index (κ1) is 15.2. The van der Waals surface area contributed by atoms with Crippen molar-refractivity contribution in [2.75, 3.05) is 38.5 Å². The molecule has 112 valence electrons. The summed E-state index contributed by atoms with van der Waals surface area (Å²) in [5.41, 5.74) is 0. The lowest BCUT2D eigenvalue weighted by atomic mass is 10.1. The van der Waals surface area contributed by atoms with Gasteiger partial charge in [0.2, 0.25) is 10.0 Å². The van der Waals surface area contributed by atoms with Gasteiger partial charge in [0.25, 0.3) is 0 Å². The molecular formula is C13H22N4O2S. The fraction of sp³-hybridized carbons (Fsp3) is 0.615. The molecule has 2 rings (SSSR count). The summed E-state index contributed by atoms with van der Waals surface area (Å²) < 4.78 is 27.1. The molecule has 1 aliphatic heterocycles. The smallest absolute Gasteiger partial charge is 0.244 e. The average molecular weight is 298 g/mol. The molecule has 1 aromatic rings. The minimum atomic E-state index is -3.51. The highest BCUT2D eigenvalue weighted by Gasteiger charge is 2.19.